The molecule has 0 aromatic heterocycles. The van der Waals surface area contributed by atoms with E-state index >= 15 is 0 Å². The maximum atomic E-state index is 11.3. The van der Waals surface area contributed by atoms with E-state index in [0.29, 0.717) is 11.6 Å². The van der Waals surface area contributed by atoms with Crippen LogP contribution in [0.1, 0.15) is 40.0 Å². The van der Waals surface area contributed by atoms with Gasteiger partial charge < -0.3 is 16.8 Å². The lowest BCUT2D eigenvalue weighted by molar-refractivity contribution is 0.0999. The van der Waals surface area contributed by atoms with E-state index in [2.05, 4.69) is 17.5 Å². The third-order valence-corrected chi connectivity index (χ3v) is 3.47. The number of carbonyl (C=O) groups is 2. The third-order valence-electron chi connectivity index (χ3n) is 3.47. The van der Waals surface area contributed by atoms with Crippen molar-refractivity contribution < 1.29 is 9.59 Å². The number of allylic oxidation sites excluding steroid dienone is 2. The number of rotatable bonds is 5. The highest BCUT2D eigenvalue weighted by Gasteiger charge is 2.12. The average Bonchev–Trinajstić information content (AvgIpc) is 2.45. The van der Waals surface area contributed by atoms with Gasteiger partial charge in [-0.25, -0.2) is 0 Å². The maximum absolute atomic E-state index is 11.3. The van der Waals surface area contributed by atoms with Crippen molar-refractivity contribution in [1.82, 2.24) is 0 Å². The number of nitrogens with one attached hydrogen (secondary N) is 1. The van der Waals surface area contributed by atoms with Crippen LogP contribution in [0.3, 0.4) is 0 Å². The first-order chi connectivity index (χ1) is 9.56. The number of primary amides is 2. The van der Waals surface area contributed by atoms with Gasteiger partial charge in [-0.15, -0.1) is 0 Å². The molecular formula is C15H19N3O2. The molecule has 20 heavy (non-hydrogen) atoms. The molecule has 2 rings (SSSR count). The number of anilines is 1. The quantitative estimate of drug-likeness (QED) is 0.711. The van der Waals surface area contributed by atoms with Gasteiger partial charge in [-0.3, -0.25) is 9.59 Å². The van der Waals surface area contributed by atoms with Crippen molar-refractivity contribution in [3.63, 3.8) is 0 Å². The predicted molar refractivity (Wildman–Crippen MR) is 78.4 cm³/mol. The van der Waals surface area contributed by atoms with Crippen LogP contribution >= 0.6 is 0 Å². The number of amides is 2. The fourth-order valence-electron chi connectivity index (χ4n) is 2.32. The topological polar surface area (TPSA) is 98.2 Å². The van der Waals surface area contributed by atoms with Crippen LogP contribution in [0.5, 0.6) is 0 Å². The Morgan fingerprint density at radius 2 is 1.75 bits per heavy atom. The van der Waals surface area contributed by atoms with Crippen molar-refractivity contribution in [2.75, 3.05) is 11.9 Å². The summed E-state index contributed by atoms with van der Waals surface area (Å²) in [5, 5.41) is 3.26. The average molecular weight is 273 g/mol. The van der Waals surface area contributed by atoms with Gasteiger partial charge >= 0.3 is 0 Å². The van der Waals surface area contributed by atoms with Crippen molar-refractivity contribution in [3.05, 3.63) is 41.5 Å². The summed E-state index contributed by atoms with van der Waals surface area (Å²) in [6, 6.07) is 4.71. The Morgan fingerprint density at radius 3 is 2.25 bits per heavy atom. The second kappa shape index (κ2) is 6.23. The molecule has 0 aliphatic heterocycles. The second-order valence-corrected chi connectivity index (χ2v) is 5.06. The minimum atomic E-state index is -0.572. The molecule has 1 atom stereocenters. The van der Waals surface area contributed by atoms with Gasteiger partial charge in [0.2, 0.25) is 11.8 Å². The molecule has 1 aliphatic carbocycles. The molecule has 1 aromatic rings. The zero-order valence-corrected chi connectivity index (χ0v) is 11.3. The van der Waals surface area contributed by atoms with Crippen molar-refractivity contribution in [2.24, 2.45) is 17.4 Å². The molecule has 0 radical (unpaired) electrons. The van der Waals surface area contributed by atoms with Crippen LogP contribution in [-0.4, -0.2) is 18.4 Å². The molecule has 0 spiro atoms. The molecule has 0 bridgehead atoms. The van der Waals surface area contributed by atoms with E-state index in [-0.39, 0.29) is 11.1 Å². The molecule has 5 nitrogen and oxygen atoms in total. The van der Waals surface area contributed by atoms with E-state index in [1.807, 2.05) is 0 Å². The molecule has 106 valence electrons. The van der Waals surface area contributed by atoms with Gasteiger partial charge in [-0.05, 0) is 43.4 Å². The number of hydrogen-bond donors (Lipinski definition) is 3. The van der Waals surface area contributed by atoms with Gasteiger partial charge in [0.15, 0.2) is 0 Å². The van der Waals surface area contributed by atoms with Crippen LogP contribution in [0.4, 0.5) is 5.69 Å². The number of hydrogen-bond acceptors (Lipinski definition) is 3. The molecule has 5 N–H and O–H groups in total. The highest BCUT2D eigenvalue weighted by molar-refractivity contribution is 5.99. The van der Waals surface area contributed by atoms with Crippen molar-refractivity contribution in [3.8, 4) is 0 Å². The summed E-state index contributed by atoms with van der Waals surface area (Å²) >= 11 is 0. The van der Waals surface area contributed by atoms with Crippen LogP contribution in [0.15, 0.2) is 30.4 Å². The lowest BCUT2D eigenvalue weighted by Gasteiger charge is -2.19. The highest BCUT2D eigenvalue weighted by Crippen LogP contribution is 2.20. The SMILES string of the molecule is NC(=O)c1cc(NCC2CC=CCC2)cc(C(N)=O)c1. The van der Waals surface area contributed by atoms with Gasteiger partial charge in [-0.1, -0.05) is 12.2 Å². The summed E-state index contributed by atoms with van der Waals surface area (Å²) in [5.74, 6) is -0.581. The summed E-state index contributed by atoms with van der Waals surface area (Å²) in [7, 11) is 0. The van der Waals surface area contributed by atoms with Crippen molar-refractivity contribution >= 4 is 17.5 Å². The molecule has 0 heterocycles. The summed E-state index contributed by atoms with van der Waals surface area (Å²) in [6.07, 6.45) is 7.66. The zero-order valence-electron chi connectivity index (χ0n) is 11.3. The minimum absolute atomic E-state index is 0.285. The standard InChI is InChI=1S/C15H19N3O2/c16-14(19)11-6-12(15(17)20)8-13(7-11)18-9-10-4-2-1-3-5-10/h1-2,6-8,10,18H,3-5,9H2,(H2,16,19)(H2,17,20). The Labute approximate surface area is 118 Å². The minimum Gasteiger partial charge on any atom is -0.385 e. The van der Waals surface area contributed by atoms with Crippen LogP contribution < -0.4 is 16.8 Å². The van der Waals surface area contributed by atoms with E-state index in [1.165, 1.54) is 6.07 Å². The van der Waals surface area contributed by atoms with Crippen LogP contribution in [0, 0.1) is 5.92 Å². The maximum Gasteiger partial charge on any atom is 0.248 e. The molecule has 1 unspecified atom stereocenters. The van der Waals surface area contributed by atoms with Crippen LogP contribution in [0.2, 0.25) is 0 Å². The van der Waals surface area contributed by atoms with Gasteiger partial charge in [0.25, 0.3) is 0 Å². The van der Waals surface area contributed by atoms with Crippen LogP contribution in [0.25, 0.3) is 0 Å². The molecule has 0 saturated carbocycles. The first-order valence-corrected chi connectivity index (χ1v) is 6.70. The second-order valence-electron chi connectivity index (χ2n) is 5.06. The fraction of sp³-hybridized carbons (Fsp3) is 0.333. The lowest BCUT2D eigenvalue weighted by atomic mass is 9.94. The van der Waals surface area contributed by atoms with Crippen molar-refractivity contribution in [2.45, 2.75) is 19.3 Å². The summed E-state index contributed by atoms with van der Waals surface area (Å²) in [6.45, 7) is 0.796. The predicted octanol–water partition coefficient (Wildman–Crippen LogP) is 1.65. The molecule has 0 fully saturated rings. The lowest BCUT2D eigenvalue weighted by Crippen LogP contribution is -2.18. The summed E-state index contributed by atoms with van der Waals surface area (Å²) in [5.41, 5.74) is 11.8. The number of benzene rings is 1. The van der Waals surface area contributed by atoms with E-state index in [4.69, 9.17) is 11.5 Å². The summed E-state index contributed by atoms with van der Waals surface area (Å²) in [4.78, 5) is 22.5. The van der Waals surface area contributed by atoms with Gasteiger partial charge in [-0.2, -0.15) is 0 Å². The van der Waals surface area contributed by atoms with E-state index in [1.54, 1.807) is 12.1 Å². The normalized spacial score (nSPS) is 17.7. The molecule has 0 saturated heterocycles. The largest absolute Gasteiger partial charge is 0.385 e. The van der Waals surface area contributed by atoms with Gasteiger partial charge in [0, 0.05) is 23.4 Å². The van der Waals surface area contributed by atoms with E-state index < -0.39 is 11.8 Å². The van der Waals surface area contributed by atoms with Crippen molar-refractivity contribution in [1.29, 1.82) is 0 Å². The third kappa shape index (κ3) is 3.60. The molecule has 1 aliphatic rings. The zero-order chi connectivity index (χ0) is 14.5. The Hall–Kier alpha value is -2.30. The van der Waals surface area contributed by atoms with E-state index in [0.717, 1.165) is 25.8 Å². The van der Waals surface area contributed by atoms with E-state index in [9.17, 15) is 9.59 Å². The Morgan fingerprint density at radius 1 is 1.10 bits per heavy atom. The first-order valence-electron chi connectivity index (χ1n) is 6.70. The molecule has 2 amide bonds. The monoisotopic (exact) mass is 273 g/mol. The number of carbonyl (C=O) groups excluding carboxylic acids is 2. The molecular weight excluding hydrogens is 254 g/mol. The van der Waals surface area contributed by atoms with Crippen LogP contribution in [-0.2, 0) is 0 Å². The Kier molecular flexibility index (Phi) is 4.40. The fourth-order valence-corrected chi connectivity index (χ4v) is 2.32. The Bertz CT molecular complexity index is 520. The van der Waals surface area contributed by atoms with Gasteiger partial charge in [0.1, 0.15) is 0 Å². The smallest absolute Gasteiger partial charge is 0.248 e. The number of nitrogens with two attached hydrogens (primary N) is 2. The van der Waals surface area contributed by atoms with Gasteiger partial charge in [0.05, 0.1) is 0 Å². The molecule has 1 aromatic carbocycles. The Balaban J connectivity index is 2.11. The highest BCUT2D eigenvalue weighted by atomic mass is 16.1. The first kappa shape index (κ1) is 14.1. The summed E-state index contributed by atoms with van der Waals surface area (Å²) < 4.78 is 0. The molecule has 5 heteroatoms.